The molecule has 2 N–H and O–H groups in total. The highest BCUT2D eigenvalue weighted by Gasteiger charge is 2.55. The van der Waals surface area contributed by atoms with Crippen LogP contribution in [0.25, 0.3) is 0 Å². The summed E-state index contributed by atoms with van der Waals surface area (Å²) in [5.41, 5.74) is 0.415. The van der Waals surface area contributed by atoms with Crippen molar-refractivity contribution in [1.82, 2.24) is 9.97 Å². The van der Waals surface area contributed by atoms with Crippen LogP contribution in [0.3, 0.4) is 0 Å². The zero-order valence-corrected chi connectivity index (χ0v) is 19.6. The Hall–Kier alpha value is -1.84. The zero-order valence-electron chi connectivity index (χ0n) is 18.0. The number of benzene rings is 1. The van der Waals surface area contributed by atoms with Crippen LogP contribution in [-0.4, -0.2) is 50.3 Å². The second-order valence-electron chi connectivity index (χ2n) is 10.2. The number of hydrogen-bond acceptors (Lipinski definition) is 6. The first kappa shape index (κ1) is 21.7. The van der Waals surface area contributed by atoms with Gasteiger partial charge in [-0.2, -0.15) is 13.8 Å². The molecule has 0 amide bonds. The lowest BCUT2D eigenvalue weighted by atomic mass is 9.56. The Morgan fingerprint density at radius 2 is 1.88 bits per heavy atom. The fourth-order valence-electron chi connectivity index (χ4n) is 5.73. The van der Waals surface area contributed by atoms with Gasteiger partial charge < -0.3 is 15.3 Å². The van der Waals surface area contributed by atoms with E-state index >= 15 is 0 Å². The van der Waals surface area contributed by atoms with Crippen LogP contribution in [0.4, 0.5) is 20.5 Å². The van der Waals surface area contributed by atoms with Crippen molar-refractivity contribution >= 4 is 34.2 Å². The maximum atomic E-state index is 14.7. The number of rotatable bonds is 5. The van der Waals surface area contributed by atoms with Gasteiger partial charge in [0.15, 0.2) is 0 Å². The van der Waals surface area contributed by atoms with E-state index < -0.39 is 33.7 Å². The minimum absolute atomic E-state index is 0.00911. The number of halogens is 3. The summed E-state index contributed by atoms with van der Waals surface area (Å²) < 4.78 is 41.8. The van der Waals surface area contributed by atoms with E-state index in [1.807, 2.05) is 17.0 Å². The number of hydrogen-bond donors (Lipinski definition) is 2. The maximum Gasteiger partial charge on any atom is 0.302 e. The number of anilines is 2. The molecule has 33 heavy (non-hydrogen) atoms. The fraction of sp³-hybridized carbons (Fsp3) is 0.565. The molecule has 6 rings (SSSR count). The number of aliphatic hydroxyl groups is 1. The second-order valence-corrected chi connectivity index (χ2v) is 12.0. The molecule has 2 aromatic rings. The SMILES string of the molecule is O=S1CC(F)(F)c2nc(N3CC4(CC(c5ccc(Cl)cc5)C4)C3)nc(NC3(CO)CCC3)c21. The Balaban J connectivity index is 1.23. The van der Waals surface area contributed by atoms with Crippen molar-refractivity contribution in [2.75, 3.05) is 35.7 Å². The lowest BCUT2D eigenvalue weighted by Crippen LogP contribution is -2.62. The minimum Gasteiger partial charge on any atom is -0.394 e. The van der Waals surface area contributed by atoms with Crippen LogP contribution in [0.5, 0.6) is 0 Å². The maximum absolute atomic E-state index is 14.7. The van der Waals surface area contributed by atoms with E-state index in [1.54, 1.807) is 0 Å². The Bertz CT molecular complexity index is 1120. The molecule has 1 aromatic carbocycles. The molecule has 0 bridgehead atoms. The summed E-state index contributed by atoms with van der Waals surface area (Å²) in [5, 5.41) is 13.7. The molecule has 1 unspecified atom stereocenters. The first-order valence-corrected chi connectivity index (χ1v) is 13.0. The van der Waals surface area contributed by atoms with Crippen LogP contribution in [0.15, 0.2) is 29.2 Å². The predicted molar refractivity (Wildman–Crippen MR) is 123 cm³/mol. The van der Waals surface area contributed by atoms with Gasteiger partial charge in [0, 0.05) is 23.5 Å². The van der Waals surface area contributed by atoms with Crippen molar-refractivity contribution in [2.24, 2.45) is 5.41 Å². The number of nitrogens with zero attached hydrogens (tertiary/aromatic N) is 3. The quantitative estimate of drug-likeness (QED) is 0.653. The summed E-state index contributed by atoms with van der Waals surface area (Å²) >= 11 is 5.99. The van der Waals surface area contributed by atoms with E-state index in [4.69, 9.17) is 11.6 Å². The Morgan fingerprint density at radius 1 is 1.18 bits per heavy atom. The van der Waals surface area contributed by atoms with Gasteiger partial charge in [0.2, 0.25) is 5.95 Å². The van der Waals surface area contributed by atoms with Crippen molar-refractivity contribution in [2.45, 2.75) is 54.4 Å². The molecule has 10 heteroatoms. The Labute approximate surface area is 198 Å². The highest BCUT2D eigenvalue weighted by Crippen LogP contribution is 2.57. The van der Waals surface area contributed by atoms with Crippen molar-refractivity contribution in [3.8, 4) is 0 Å². The number of alkyl halides is 2. The van der Waals surface area contributed by atoms with Gasteiger partial charge in [-0.05, 0) is 55.7 Å². The molecule has 6 nitrogen and oxygen atoms in total. The van der Waals surface area contributed by atoms with Gasteiger partial charge in [-0.1, -0.05) is 23.7 Å². The average molecular weight is 495 g/mol. The average Bonchev–Trinajstić information content (AvgIpc) is 2.92. The van der Waals surface area contributed by atoms with Gasteiger partial charge in [0.05, 0.1) is 28.7 Å². The second kappa shape index (κ2) is 7.33. The van der Waals surface area contributed by atoms with E-state index in [2.05, 4.69) is 27.4 Å². The van der Waals surface area contributed by atoms with Crippen LogP contribution >= 0.6 is 11.6 Å². The summed E-state index contributed by atoms with van der Waals surface area (Å²) in [6, 6.07) is 7.95. The number of aromatic nitrogens is 2. The van der Waals surface area contributed by atoms with Crippen LogP contribution in [0.1, 0.15) is 49.3 Å². The molecule has 176 valence electrons. The standard InChI is InChI=1S/C23H25ClF2N4O2S/c24-16-4-2-14(3-5-16)15-8-21(9-15)10-30(11-21)20-27-18-17(33(32)13-23(18,25)26)19(28-20)29-22(12-31)6-1-7-22/h2-5,15,31H,1,6-13H2,(H,27,28,29). The number of fused-ring (bicyclic) bond motifs is 1. The molecule has 1 saturated heterocycles. The van der Waals surface area contributed by atoms with Gasteiger partial charge in [0.25, 0.3) is 0 Å². The molecule has 1 spiro atoms. The zero-order chi connectivity index (χ0) is 23.0. The third-order valence-electron chi connectivity index (χ3n) is 7.77. The molecule has 2 aliphatic heterocycles. The number of nitrogens with one attached hydrogen (secondary N) is 1. The first-order chi connectivity index (χ1) is 15.7. The highest BCUT2D eigenvalue weighted by atomic mass is 35.5. The molecule has 4 aliphatic rings. The normalized spacial score (nSPS) is 26.3. The Kier molecular flexibility index (Phi) is 4.81. The molecule has 3 heterocycles. The van der Waals surface area contributed by atoms with E-state index in [-0.39, 0.29) is 28.7 Å². The summed E-state index contributed by atoms with van der Waals surface area (Å²) in [6.45, 7) is 1.31. The number of aliphatic hydroxyl groups excluding tert-OH is 1. The summed E-state index contributed by atoms with van der Waals surface area (Å²) in [4.78, 5) is 10.7. The van der Waals surface area contributed by atoms with E-state index in [0.717, 1.165) is 50.2 Å². The fourth-order valence-corrected chi connectivity index (χ4v) is 7.19. The monoisotopic (exact) mass is 494 g/mol. The first-order valence-electron chi connectivity index (χ1n) is 11.3. The van der Waals surface area contributed by atoms with Gasteiger partial charge in [-0.25, -0.2) is 4.98 Å². The molecule has 1 aromatic heterocycles. The topological polar surface area (TPSA) is 78.4 Å². The summed E-state index contributed by atoms with van der Waals surface area (Å²) in [5.74, 6) is -3.10. The van der Waals surface area contributed by atoms with Crippen molar-refractivity contribution in [3.05, 3.63) is 40.5 Å². The van der Waals surface area contributed by atoms with Crippen LogP contribution < -0.4 is 10.2 Å². The smallest absolute Gasteiger partial charge is 0.302 e. The van der Waals surface area contributed by atoms with Gasteiger partial charge in [-0.3, -0.25) is 4.21 Å². The Morgan fingerprint density at radius 3 is 2.48 bits per heavy atom. The lowest BCUT2D eigenvalue weighted by molar-refractivity contribution is 0.0187. The molecule has 2 aliphatic carbocycles. The predicted octanol–water partition coefficient (Wildman–Crippen LogP) is 4.05. The van der Waals surface area contributed by atoms with Gasteiger partial charge in [-0.15, -0.1) is 0 Å². The molecule has 1 atom stereocenters. The van der Waals surface area contributed by atoms with Crippen molar-refractivity contribution in [3.63, 3.8) is 0 Å². The summed E-state index contributed by atoms with van der Waals surface area (Å²) in [6.07, 6.45) is 4.46. The highest BCUT2D eigenvalue weighted by molar-refractivity contribution is 7.85. The van der Waals surface area contributed by atoms with Crippen molar-refractivity contribution in [1.29, 1.82) is 0 Å². The summed E-state index contributed by atoms with van der Waals surface area (Å²) in [7, 11) is -1.88. The van der Waals surface area contributed by atoms with Crippen LogP contribution in [-0.2, 0) is 16.7 Å². The third-order valence-corrected chi connectivity index (χ3v) is 9.49. The lowest BCUT2D eigenvalue weighted by Gasteiger charge is -2.59. The molecular formula is C23H25ClF2N4O2S. The van der Waals surface area contributed by atoms with E-state index in [0.29, 0.717) is 5.92 Å². The molecular weight excluding hydrogens is 470 g/mol. The van der Waals surface area contributed by atoms with Crippen molar-refractivity contribution < 1.29 is 18.1 Å². The van der Waals surface area contributed by atoms with E-state index in [9.17, 15) is 18.1 Å². The molecule has 0 radical (unpaired) electrons. The van der Waals surface area contributed by atoms with Gasteiger partial charge >= 0.3 is 5.92 Å². The molecule has 3 fully saturated rings. The molecule has 2 saturated carbocycles. The largest absolute Gasteiger partial charge is 0.394 e. The minimum atomic E-state index is -3.25. The van der Waals surface area contributed by atoms with Gasteiger partial charge in [0.1, 0.15) is 16.4 Å². The van der Waals surface area contributed by atoms with E-state index in [1.165, 1.54) is 5.56 Å². The third kappa shape index (κ3) is 3.46. The van der Waals surface area contributed by atoms with Crippen LogP contribution in [0, 0.1) is 5.41 Å². The van der Waals surface area contributed by atoms with Crippen LogP contribution in [0.2, 0.25) is 5.02 Å².